The summed E-state index contributed by atoms with van der Waals surface area (Å²) >= 11 is 0. The van der Waals surface area contributed by atoms with Crippen molar-refractivity contribution >= 4 is 0 Å². The largest absolute Gasteiger partial charge is 0.383 e. The van der Waals surface area contributed by atoms with Gasteiger partial charge in [0.1, 0.15) is 23.6 Å². The van der Waals surface area contributed by atoms with Crippen molar-refractivity contribution in [1.29, 1.82) is 0 Å². The van der Waals surface area contributed by atoms with Gasteiger partial charge in [0.05, 0.1) is 11.9 Å². The molecule has 0 saturated carbocycles. The van der Waals surface area contributed by atoms with Crippen molar-refractivity contribution in [1.82, 2.24) is 19.7 Å². The topological polar surface area (TPSA) is 63.8 Å². The van der Waals surface area contributed by atoms with Gasteiger partial charge in [-0.25, -0.2) is 9.37 Å². The van der Waals surface area contributed by atoms with E-state index in [1.165, 1.54) is 18.5 Å². The zero-order valence-corrected chi connectivity index (χ0v) is 9.63. The number of nitrogens with zero attached hydrogens (tertiary/aromatic N) is 4. The Morgan fingerprint density at radius 2 is 2.18 bits per heavy atom. The van der Waals surface area contributed by atoms with Gasteiger partial charge >= 0.3 is 0 Å². The molecule has 1 N–H and O–H groups in total. The first-order chi connectivity index (χ1) is 7.99. The Bertz CT molecular complexity index is 506. The summed E-state index contributed by atoms with van der Waals surface area (Å²) in [6, 6.07) is 2.74. The molecule has 2 rings (SSSR count). The Labute approximate surface area is 98.0 Å². The lowest BCUT2D eigenvalue weighted by atomic mass is 9.97. The van der Waals surface area contributed by atoms with Gasteiger partial charge in [0.25, 0.3) is 0 Å². The number of pyridine rings is 1. The Balaban J connectivity index is 2.24. The molecule has 0 aromatic carbocycles. The predicted molar refractivity (Wildman–Crippen MR) is 58.5 cm³/mol. The molecule has 1 unspecified atom stereocenters. The lowest BCUT2D eigenvalue weighted by Gasteiger charge is -2.21. The number of hydrogen-bond acceptors (Lipinski definition) is 4. The molecule has 0 spiro atoms. The van der Waals surface area contributed by atoms with E-state index in [-0.39, 0.29) is 6.42 Å². The molecule has 0 aliphatic heterocycles. The van der Waals surface area contributed by atoms with Crippen molar-refractivity contribution in [3.63, 3.8) is 0 Å². The van der Waals surface area contributed by atoms with E-state index in [1.54, 1.807) is 18.7 Å². The molecule has 2 aromatic rings. The van der Waals surface area contributed by atoms with Crippen LogP contribution in [0.3, 0.4) is 0 Å². The van der Waals surface area contributed by atoms with Crippen LogP contribution in [0.1, 0.15) is 18.4 Å². The predicted octanol–water partition coefficient (Wildman–Crippen LogP) is 0.799. The minimum absolute atomic E-state index is 0.266. The van der Waals surface area contributed by atoms with Crippen molar-refractivity contribution in [3.8, 4) is 0 Å². The van der Waals surface area contributed by atoms with Crippen LogP contribution in [-0.4, -0.2) is 24.9 Å². The summed E-state index contributed by atoms with van der Waals surface area (Å²) in [5.74, 6) is 0.212. The minimum atomic E-state index is -1.20. The molecule has 5 nitrogen and oxygen atoms in total. The third-order valence-electron chi connectivity index (χ3n) is 2.59. The summed E-state index contributed by atoms with van der Waals surface area (Å²) in [6.07, 6.45) is 2.77. The van der Waals surface area contributed by atoms with E-state index >= 15 is 0 Å². The summed E-state index contributed by atoms with van der Waals surface area (Å²) in [6.45, 7) is 1.61. The first-order valence-electron chi connectivity index (χ1n) is 5.16. The van der Waals surface area contributed by atoms with Crippen LogP contribution in [0.5, 0.6) is 0 Å². The van der Waals surface area contributed by atoms with Gasteiger partial charge in [-0.1, -0.05) is 0 Å². The SMILES string of the molecule is Cn1ncnc1CC(C)(O)c1ccc(F)cn1. The Morgan fingerprint density at radius 1 is 1.41 bits per heavy atom. The number of halogens is 1. The summed E-state index contributed by atoms with van der Waals surface area (Å²) in [4.78, 5) is 7.91. The Kier molecular flexibility index (Phi) is 2.89. The molecular formula is C11H13FN4O. The van der Waals surface area contributed by atoms with Crippen molar-refractivity contribution in [2.75, 3.05) is 0 Å². The minimum Gasteiger partial charge on any atom is -0.383 e. The number of rotatable bonds is 3. The summed E-state index contributed by atoms with van der Waals surface area (Å²) < 4.78 is 14.3. The molecule has 0 fully saturated rings. The van der Waals surface area contributed by atoms with Gasteiger partial charge < -0.3 is 5.11 Å². The maximum absolute atomic E-state index is 12.7. The fourth-order valence-corrected chi connectivity index (χ4v) is 1.57. The molecule has 17 heavy (non-hydrogen) atoms. The van der Waals surface area contributed by atoms with Crippen LogP contribution >= 0.6 is 0 Å². The Morgan fingerprint density at radius 3 is 2.71 bits per heavy atom. The van der Waals surface area contributed by atoms with Crippen molar-refractivity contribution in [2.45, 2.75) is 18.9 Å². The maximum atomic E-state index is 12.7. The molecule has 0 radical (unpaired) electrons. The zero-order chi connectivity index (χ0) is 12.5. The molecule has 90 valence electrons. The summed E-state index contributed by atoms with van der Waals surface area (Å²) in [5, 5.41) is 14.2. The van der Waals surface area contributed by atoms with Gasteiger partial charge in [-0.05, 0) is 19.1 Å². The summed E-state index contributed by atoms with van der Waals surface area (Å²) in [7, 11) is 1.75. The first-order valence-corrected chi connectivity index (χ1v) is 5.16. The molecule has 2 aromatic heterocycles. The second-order valence-electron chi connectivity index (χ2n) is 4.11. The Hall–Kier alpha value is -1.82. The van der Waals surface area contributed by atoms with E-state index < -0.39 is 11.4 Å². The van der Waals surface area contributed by atoms with Gasteiger partial charge in [-0.15, -0.1) is 0 Å². The van der Waals surface area contributed by atoms with Crippen molar-refractivity contribution in [2.24, 2.45) is 7.05 Å². The van der Waals surface area contributed by atoms with Gasteiger partial charge in [0.15, 0.2) is 0 Å². The standard InChI is InChI=1S/C11H13FN4O/c1-11(17,5-10-14-7-15-16(10)2)9-4-3-8(12)6-13-9/h3-4,6-7,17H,5H2,1-2H3. The van der Waals surface area contributed by atoms with Crippen LogP contribution in [0, 0.1) is 5.82 Å². The summed E-state index contributed by atoms with van der Waals surface area (Å²) in [5.41, 5.74) is -0.795. The van der Waals surface area contributed by atoms with Crippen LogP contribution in [0.15, 0.2) is 24.7 Å². The van der Waals surface area contributed by atoms with E-state index in [0.29, 0.717) is 11.5 Å². The molecule has 0 saturated heterocycles. The van der Waals surface area contributed by atoms with Crippen molar-refractivity contribution < 1.29 is 9.50 Å². The van der Waals surface area contributed by atoms with Crippen LogP contribution in [0.2, 0.25) is 0 Å². The average Bonchev–Trinajstić information content (AvgIpc) is 2.64. The van der Waals surface area contributed by atoms with E-state index in [2.05, 4.69) is 15.1 Å². The lowest BCUT2D eigenvalue weighted by Crippen LogP contribution is -2.27. The molecule has 6 heteroatoms. The number of aromatic nitrogens is 4. The van der Waals surface area contributed by atoms with E-state index in [4.69, 9.17) is 0 Å². The number of aryl methyl sites for hydroxylation is 1. The van der Waals surface area contributed by atoms with Crippen LogP contribution in [0.25, 0.3) is 0 Å². The van der Waals surface area contributed by atoms with Crippen LogP contribution in [0.4, 0.5) is 4.39 Å². The highest BCUT2D eigenvalue weighted by atomic mass is 19.1. The highest BCUT2D eigenvalue weighted by molar-refractivity contribution is 5.14. The van der Waals surface area contributed by atoms with Gasteiger partial charge in [0.2, 0.25) is 0 Å². The smallest absolute Gasteiger partial charge is 0.141 e. The average molecular weight is 236 g/mol. The monoisotopic (exact) mass is 236 g/mol. The normalized spacial score (nSPS) is 14.6. The highest BCUT2D eigenvalue weighted by Gasteiger charge is 2.27. The molecule has 0 amide bonds. The van der Waals surface area contributed by atoms with Gasteiger partial charge in [-0.2, -0.15) is 5.10 Å². The molecule has 1 atom stereocenters. The molecule has 2 heterocycles. The molecule has 0 aliphatic carbocycles. The van der Waals surface area contributed by atoms with Gasteiger partial charge in [-0.3, -0.25) is 9.67 Å². The van der Waals surface area contributed by atoms with Crippen molar-refractivity contribution in [3.05, 3.63) is 42.0 Å². The number of aliphatic hydroxyl groups is 1. The third-order valence-corrected chi connectivity index (χ3v) is 2.59. The molecular weight excluding hydrogens is 223 g/mol. The fraction of sp³-hybridized carbons (Fsp3) is 0.364. The third kappa shape index (κ3) is 2.47. The zero-order valence-electron chi connectivity index (χ0n) is 9.63. The lowest BCUT2D eigenvalue weighted by molar-refractivity contribution is 0.0498. The van der Waals surface area contributed by atoms with E-state index in [0.717, 1.165) is 6.20 Å². The number of hydrogen-bond donors (Lipinski definition) is 1. The maximum Gasteiger partial charge on any atom is 0.141 e. The molecule has 0 aliphatic rings. The van der Waals surface area contributed by atoms with E-state index in [9.17, 15) is 9.50 Å². The molecule has 0 bridgehead atoms. The second-order valence-corrected chi connectivity index (χ2v) is 4.11. The van der Waals surface area contributed by atoms with Crippen LogP contribution in [-0.2, 0) is 19.1 Å². The highest BCUT2D eigenvalue weighted by Crippen LogP contribution is 2.22. The first kappa shape index (κ1) is 11.7. The second kappa shape index (κ2) is 4.21. The quantitative estimate of drug-likeness (QED) is 0.856. The fourth-order valence-electron chi connectivity index (χ4n) is 1.57. The van der Waals surface area contributed by atoms with Gasteiger partial charge in [0, 0.05) is 13.5 Å². The van der Waals surface area contributed by atoms with Crippen LogP contribution < -0.4 is 0 Å². The van der Waals surface area contributed by atoms with E-state index in [1.807, 2.05) is 0 Å².